The van der Waals surface area contributed by atoms with Gasteiger partial charge in [0.2, 0.25) is 0 Å². The van der Waals surface area contributed by atoms with Crippen LogP contribution >= 0.6 is 35.3 Å². The zero-order chi connectivity index (χ0) is 19.6. The maximum atomic E-state index is 12.1. The van der Waals surface area contributed by atoms with E-state index in [0.717, 1.165) is 16.5 Å². The molecule has 2 rings (SSSR count). The van der Waals surface area contributed by atoms with E-state index < -0.39 is 0 Å². The van der Waals surface area contributed by atoms with Gasteiger partial charge in [0, 0.05) is 31.1 Å². The van der Waals surface area contributed by atoms with Crippen LogP contribution in [-0.4, -0.2) is 44.1 Å². The van der Waals surface area contributed by atoms with Crippen LogP contribution in [0.15, 0.2) is 34.6 Å². The average molecular weight is 517 g/mol. The molecule has 3 N–H and O–H groups in total. The summed E-state index contributed by atoms with van der Waals surface area (Å²) >= 11 is 1.64. The predicted molar refractivity (Wildman–Crippen MR) is 125 cm³/mol. The number of aliphatic imine (C=N–C) groups is 1. The van der Waals surface area contributed by atoms with Gasteiger partial charge in [0.1, 0.15) is 10.8 Å². The largest absolute Gasteiger partial charge is 0.497 e. The molecule has 0 fully saturated rings. The normalized spacial score (nSPS) is 11.0. The van der Waals surface area contributed by atoms with Gasteiger partial charge in [-0.25, -0.2) is 4.98 Å². The lowest BCUT2D eigenvalue weighted by Gasteiger charge is -2.11. The van der Waals surface area contributed by atoms with E-state index in [1.165, 1.54) is 0 Å². The molecule has 154 valence electrons. The van der Waals surface area contributed by atoms with Crippen molar-refractivity contribution in [1.29, 1.82) is 0 Å². The molecule has 0 saturated heterocycles. The molecular formula is C19H28IN5O2S. The van der Waals surface area contributed by atoms with Crippen LogP contribution in [0.2, 0.25) is 0 Å². The highest BCUT2D eigenvalue weighted by atomic mass is 127. The number of hydrogen-bond donors (Lipinski definition) is 3. The molecular weight excluding hydrogens is 489 g/mol. The highest BCUT2D eigenvalue weighted by Gasteiger charge is 2.07. The van der Waals surface area contributed by atoms with Crippen molar-refractivity contribution in [3.63, 3.8) is 0 Å². The second-order valence-corrected chi connectivity index (χ2v) is 7.10. The number of hydrogen-bond acceptors (Lipinski definition) is 5. The number of nitrogens with one attached hydrogen (secondary N) is 3. The topological polar surface area (TPSA) is 87.6 Å². The number of ether oxygens (including phenoxy) is 1. The van der Waals surface area contributed by atoms with E-state index in [0.29, 0.717) is 37.1 Å². The molecule has 0 atom stereocenters. The van der Waals surface area contributed by atoms with Crippen molar-refractivity contribution in [1.82, 2.24) is 20.9 Å². The lowest BCUT2D eigenvalue weighted by Crippen LogP contribution is -2.41. The average Bonchev–Trinajstić information content (AvgIpc) is 3.16. The standard InChI is InChI=1S/C19H27N5O2S.HI/c1-13(2)16-12-27-17(24-16)11-23-19(20-3)22-10-9-21-18(25)14-5-7-15(26-4)8-6-14;/h5-8,12-13H,9-11H2,1-4H3,(H,21,25)(H2,20,22,23);1H. The van der Waals surface area contributed by atoms with Gasteiger partial charge in [0.05, 0.1) is 19.3 Å². The van der Waals surface area contributed by atoms with Crippen LogP contribution in [0.25, 0.3) is 0 Å². The first kappa shape index (κ1) is 24.2. The number of rotatable bonds is 8. The zero-order valence-corrected chi connectivity index (χ0v) is 19.8. The molecule has 0 spiro atoms. The predicted octanol–water partition coefficient (Wildman–Crippen LogP) is 2.99. The smallest absolute Gasteiger partial charge is 0.251 e. The minimum atomic E-state index is -0.119. The van der Waals surface area contributed by atoms with Crippen LogP contribution in [0.1, 0.15) is 40.8 Å². The summed E-state index contributed by atoms with van der Waals surface area (Å²) < 4.78 is 5.09. The summed E-state index contributed by atoms with van der Waals surface area (Å²) in [7, 11) is 3.31. The van der Waals surface area contributed by atoms with E-state index in [2.05, 4.69) is 45.2 Å². The Bertz CT molecular complexity index is 762. The molecule has 0 aliphatic heterocycles. The SMILES string of the molecule is CN=C(NCCNC(=O)c1ccc(OC)cc1)NCc1nc(C(C)C)cs1.I. The third-order valence-corrected chi connectivity index (χ3v) is 4.71. The summed E-state index contributed by atoms with van der Waals surface area (Å²) in [4.78, 5) is 20.9. The molecule has 0 saturated carbocycles. The van der Waals surface area contributed by atoms with Gasteiger partial charge >= 0.3 is 0 Å². The lowest BCUT2D eigenvalue weighted by atomic mass is 10.2. The quantitative estimate of drug-likeness (QED) is 0.217. The Morgan fingerprint density at radius 2 is 1.86 bits per heavy atom. The van der Waals surface area contributed by atoms with E-state index in [9.17, 15) is 4.79 Å². The van der Waals surface area contributed by atoms with Gasteiger partial charge in [-0.15, -0.1) is 35.3 Å². The number of thiazole rings is 1. The van der Waals surface area contributed by atoms with Crippen molar-refractivity contribution >= 4 is 47.2 Å². The van der Waals surface area contributed by atoms with Crippen molar-refractivity contribution in [3.05, 3.63) is 45.9 Å². The molecule has 0 radical (unpaired) electrons. The fraction of sp³-hybridized carbons (Fsp3) is 0.421. The number of aromatic nitrogens is 1. The Balaban J connectivity index is 0.00000392. The number of carbonyl (C=O) groups excluding carboxylic acids is 1. The Morgan fingerprint density at radius 1 is 1.18 bits per heavy atom. The second-order valence-electron chi connectivity index (χ2n) is 6.16. The third-order valence-electron chi connectivity index (χ3n) is 3.85. The summed E-state index contributed by atoms with van der Waals surface area (Å²) in [6.07, 6.45) is 0. The second kappa shape index (κ2) is 12.6. The summed E-state index contributed by atoms with van der Waals surface area (Å²) in [5.41, 5.74) is 1.71. The van der Waals surface area contributed by atoms with E-state index in [4.69, 9.17) is 4.74 Å². The number of halogens is 1. The maximum absolute atomic E-state index is 12.1. The summed E-state index contributed by atoms with van der Waals surface area (Å²) in [6, 6.07) is 7.01. The first-order valence-corrected chi connectivity index (χ1v) is 9.72. The molecule has 0 aliphatic carbocycles. The molecule has 1 aromatic heterocycles. The van der Waals surface area contributed by atoms with Crippen molar-refractivity contribution < 1.29 is 9.53 Å². The van der Waals surface area contributed by atoms with Crippen molar-refractivity contribution in [2.45, 2.75) is 26.3 Å². The van der Waals surface area contributed by atoms with E-state index >= 15 is 0 Å². The summed E-state index contributed by atoms with van der Waals surface area (Å²) in [5, 5.41) is 12.4. The van der Waals surface area contributed by atoms with Gasteiger partial charge in [-0.3, -0.25) is 9.79 Å². The molecule has 0 aliphatic rings. The summed E-state index contributed by atoms with van der Waals surface area (Å²) in [6.45, 7) is 5.94. The molecule has 9 heteroatoms. The molecule has 1 aromatic carbocycles. The Morgan fingerprint density at radius 3 is 2.43 bits per heavy atom. The Kier molecular flexibility index (Phi) is 10.8. The molecule has 1 amide bonds. The fourth-order valence-electron chi connectivity index (χ4n) is 2.25. The van der Waals surface area contributed by atoms with E-state index in [1.54, 1.807) is 49.8 Å². The van der Waals surface area contributed by atoms with E-state index in [1.807, 2.05) is 0 Å². The zero-order valence-electron chi connectivity index (χ0n) is 16.6. The number of nitrogens with zero attached hydrogens (tertiary/aromatic N) is 2. The third kappa shape index (κ3) is 7.63. The molecule has 28 heavy (non-hydrogen) atoms. The Hall–Kier alpha value is -1.88. The van der Waals surface area contributed by atoms with Gasteiger partial charge in [0.25, 0.3) is 5.91 Å². The number of benzene rings is 1. The monoisotopic (exact) mass is 517 g/mol. The maximum Gasteiger partial charge on any atom is 0.251 e. The van der Waals surface area contributed by atoms with Gasteiger partial charge < -0.3 is 20.7 Å². The van der Waals surface area contributed by atoms with Gasteiger partial charge in [0.15, 0.2) is 5.96 Å². The first-order chi connectivity index (χ1) is 13.0. The minimum Gasteiger partial charge on any atom is -0.497 e. The van der Waals surface area contributed by atoms with Crippen molar-refractivity contribution in [3.8, 4) is 5.75 Å². The number of carbonyl (C=O) groups is 1. The van der Waals surface area contributed by atoms with Gasteiger partial charge in [-0.1, -0.05) is 13.8 Å². The van der Waals surface area contributed by atoms with Crippen molar-refractivity contribution in [2.24, 2.45) is 4.99 Å². The van der Waals surface area contributed by atoms with Gasteiger partial charge in [-0.05, 0) is 30.2 Å². The molecule has 2 aromatic rings. The van der Waals surface area contributed by atoms with Crippen LogP contribution in [0.4, 0.5) is 0 Å². The fourth-order valence-corrected chi connectivity index (χ4v) is 3.15. The lowest BCUT2D eigenvalue weighted by molar-refractivity contribution is 0.0954. The Labute approximate surface area is 187 Å². The van der Waals surface area contributed by atoms with Crippen LogP contribution in [0.5, 0.6) is 5.75 Å². The molecule has 0 unspecified atom stereocenters. The summed E-state index contributed by atoms with van der Waals surface area (Å²) in [5.74, 6) is 1.71. The minimum absolute atomic E-state index is 0. The van der Waals surface area contributed by atoms with Crippen molar-refractivity contribution in [2.75, 3.05) is 27.2 Å². The van der Waals surface area contributed by atoms with Crippen LogP contribution in [0.3, 0.4) is 0 Å². The van der Waals surface area contributed by atoms with E-state index in [-0.39, 0.29) is 29.9 Å². The molecule has 7 nitrogen and oxygen atoms in total. The van der Waals surface area contributed by atoms with Gasteiger partial charge in [-0.2, -0.15) is 0 Å². The van der Waals surface area contributed by atoms with Crippen LogP contribution in [0, 0.1) is 0 Å². The highest BCUT2D eigenvalue weighted by molar-refractivity contribution is 14.0. The number of guanidine groups is 1. The van der Waals surface area contributed by atoms with Crippen LogP contribution in [-0.2, 0) is 6.54 Å². The first-order valence-electron chi connectivity index (χ1n) is 8.84. The molecule has 0 bridgehead atoms. The molecule has 1 heterocycles. The number of methoxy groups -OCH3 is 1. The van der Waals surface area contributed by atoms with Crippen LogP contribution < -0.4 is 20.7 Å². The number of amides is 1. The highest BCUT2D eigenvalue weighted by Crippen LogP contribution is 2.17.